The third-order valence-corrected chi connectivity index (χ3v) is 7.21. The number of benzene rings is 1. The van der Waals surface area contributed by atoms with Gasteiger partial charge >= 0.3 is 11.7 Å². The molecule has 3 fully saturated rings. The quantitative estimate of drug-likeness (QED) is 0.703. The summed E-state index contributed by atoms with van der Waals surface area (Å²) in [5.41, 5.74) is 1.96. The molecule has 2 aromatic heterocycles. The van der Waals surface area contributed by atoms with Crippen molar-refractivity contribution in [3.8, 4) is 0 Å². The maximum Gasteiger partial charge on any atom is 0.438 e. The zero-order chi connectivity index (χ0) is 20.0. The summed E-state index contributed by atoms with van der Waals surface area (Å²) in [6.45, 7) is 3.75. The van der Waals surface area contributed by atoms with Crippen LogP contribution in [0.25, 0.3) is 10.9 Å². The smallest absolute Gasteiger partial charge is 0.438 e. The van der Waals surface area contributed by atoms with Crippen molar-refractivity contribution in [3.63, 3.8) is 0 Å². The molecule has 2 N–H and O–H groups in total. The van der Waals surface area contributed by atoms with Crippen LogP contribution in [-0.2, 0) is 10.3 Å². The molecule has 1 aromatic carbocycles. The number of nitrogens with zero attached hydrogens (tertiary/aromatic N) is 2. The maximum absolute atomic E-state index is 12.1. The average molecular weight is 395 g/mol. The van der Waals surface area contributed by atoms with Gasteiger partial charge in [-0.1, -0.05) is 18.1 Å². The van der Waals surface area contributed by atoms with Gasteiger partial charge in [0.2, 0.25) is 0 Å². The van der Waals surface area contributed by atoms with Crippen molar-refractivity contribution < 1.29 is 19.2 Å². The minimum Gasteiger partial charge on any atom is -0.477 e. The van der Waals surface area contributed by atoms with Gasteiger partial charge in [0.1, 0.15) is 11.2 Å². The number of aromatic carboxylic acids is 1. The molecule has 8 heteroatoms. The van der Waals surface area contributed by atoms with Crippen LogP contribution in [0.2, 0.25) is 0 Å². The van der Waals surface area contributed by atoms with E-state index in [2.05, 4.69) is 22.3 Å². The van der Waals surface area contributed by atoms with Crippen LogP contribution in [0, 0.1) is 11.3 Å². The van der Waals surface area contributed by atoms with Crippen LogP contribution in [0.5, 0.6) is 0 Å². The molecule has 0 amide bonds. The highest BCUT2D eigenvalue weighted by Crippen LogP contribution is 2.57. The molecule has 2 aliphatic carbocycles. The van der Waals surface area contributed by atoms with Crippen LogP contribution >= 0.6 is 0 Å². The fourth-order valence-corrected chi connectivity index (χ4v) is 5.49. The average Bonchev–Trinajstić information content (AvgIpc) is 2.96. The lowest BCUT2D eigenvalue weighted by Crippen LogP contribution is -2.51. The van der Waals surface area contributed by atoms with Gasteiger partial charge in [-0.2, -0.15) is 0 Å². The van der Waals surface area contributed by atoms with E-state index in [-0.39, 0.29) is 11.6 Å². The van der Waals surface area contributed by atoms with Gasteiger partial charge in [0.05, 0.1) is 13.2 Å². The molecule has 150 valence electrons. The molecular weight excluding hydrogens is 374 g/mol. The summed E-state index contributed by atoms with van der Waals surface area (Å²) < 4.78 is 11.9. The highest BCUT2D eigenvalue weighted by atomic mass is 16.5. The van der Waals surface area contributed by atoms with Gasteiger partial charge in [-0.05, 0) is 54.9 Å². The number of hydrogen-bond donors (Lipinski definition) is 2. The zero-order valence-electron chi connectivity index (χ0n) is 16.0. The Morgan fingerprint density at radius 2 is 2.03 bits per heavy atom. The number of nitrogens with one attached hydrogen (secondary N) is 1. The topological polar surface area (TPSA) is 110 Å². The second-order valence-electron chi connectivity index (χ2n) is 9.06. The molecule has 0 unspecified atom stereocenters. The van der Waals surface area contributed by atoms with Gasteiger partial charge in [0.25, 0.3) is 0 Å². The molecule has 0 bridgehead atoms. The molecule has 0 radical (unpaired) electrons. The van der Waals surface area contributed by atoms with E-state index in [9.17, 15) is 14.7 Å². The highest BCUT2D eigenvalue weighted by molar-refractivity contribution is 5.95. The van der Waals surface area contributed by atoms with E-state index in [0.29, 0.717) is 23.6 Å². The molecule has 3 heterocycles. The van der Waals surface area contributed by atoms with E-state index in [1.54, 1.807) is 6.07 Å². The minimum absolute atomic E-state index is 0.127. The molecule has 29 heavy (non-hydrogen) atoms. The third-order valence-electron chi connectivity index (χ3n) is 7.21. The minimum atomic E-state index is -0.999. The van der Waals surface area contributed by atoms with Gasteiger partial charge in [0, 0.05) is 16.3 Å². The number of carbonyl (C=O) groups is 1. The van der Waals surface area contributed by atoms with E-state index in [0.717, 1.165) is 37.0 Å². The maximum atomic E-state index is 12.1. The number of aromatic amines is 1. The molecule has 6 rings (SSSR count). The first kappa shape index (κ1) is 17.0. The van der Waals surface area contributed by atoms with E-state index in [1.165, 1.54) is 5.56 Å². The molecule has 8 nitrogen and oxygen atoms in total. The van der Waals surface area contributed by atoms with Crippen molar-refractivity contribution in [1.82, 2.24) is 14.7 Å². The van der Waals surface area contributed by atoms with Crippen LogP contribution in [-0.4, -0.2) is 39.0 Å². The molecule has 1 saturated heterocycles. The van der Waals surface area contributed by atoms with Crippen molar-refractivity contribution in [2.45, 2.75) is 37.6 Å². The predicted molar refractivity (Wildman–Crippen MR) is 102 cm³/mol. The SMILES string of the molecule is C[C@H]1C[C@]1(c1noc(=O)[nH]1)n1c(C(=O)O)cc2cc(C3CC4(COC4)C3)ccc21. The van der Waals surface area contributed by atoms with Gasteiger partial charge in [-0.15, -0.1) is 0 Å². The number of fused-ring (bicyclic) bond motifs is 1. The molecule has 2 saturated carbocycles. The zero-order valence-corrected chi connectivity index (χ0v) is 16.0. The van der Waals surface area contributed by atoms with Crippen molar-refractivity contribution in [1.29, 1.82) is 0 Å². The number of H-pyrrole nitrogens is 1. The summed E-state index contributed by atoms with van der Waals surface area (Å²) in [5.74, 6) is -0.623. The Morgan fingerprint density at radius 1 is 1.28 bits per heavy atom. The lowest BCUT2D eigenvalue weighted by molar-refractivity contribution is -0.164. The normalized spacial score (nSPS) is 27.7. The summed E-state index contributed by atoms with van der Waals surface area (Å²) >= 11 is 0. The van der Waals surface area contributed by atoms with Crippen molar-refractivity contribution in [2.24, 2.45) is 11.3 Å². The first-order valence-corrected chi connectivity index (χ1v) is 9.95. The summed E-state index contributed by atoms with van der Waals surface area (Å²) in [6, 6.07) is 7.95. The first-order chi connectivity index (χ1) is 13.9. The summed E-state index contributed by atoms with van der Waals surface area (Å²) in [7, 11) is 0. The van der Waals surface area contributed by atoms with Crippen LogP contribution in [0.1, 0.15) is 54.0 Å². The number of aromatic nitrogens is 3. The molecule has 2 atom stereocenters. The van der Waals surface area contributed by atoms with Gasteiger partial charge in [-0.3, -0.25) is 9.51 Å². The number of rotatable bonds is 4. The van der Waals surface area contributed by atoms with Crippen LogP contribution in [0.3, 0.4) is 0 Å². The van der Waals surface area contributed by atoms with Crippen LogP contribution < -0.4 is 5.76 Å². The molecule has 3 aromatic rings. The number of carboxylic acids is 1. The Morgan fingerprint density at radius 3 is 2.59 bits per heavy atom. The summed E-state index contributed by atoms with van der Waals surface area (Å²) in [6.07, 6.45) is 2.95. The van der Waals surface area contributed by atoms with Crippen LogP contribution in [0.15, 0.2) is 33.6 Å². The monoisotopic (exact) mass is 395 g/mol. The Kier molecular flexibility index (Phi) is 3.16. The van der Waals surface area contributed by atoms with Gasteiger partial charge in [0.15, 0.2) is 5.82 Å². The van der Waals surface area contributed by atoms with Crippen molar-refractivity contribution in [2.75, 3.05) is 13.2 Å². The third kappa shape index (κ3) is 2.20. The second-order valence-corrected chi connectivity index (χ2v) is 9.06. The lowest BCUT2D eigenvalue weighted by atomic mass is 9.59. The van der Waals surface area contributed by atoms with Gasteiger partial charge in [-0.25, -0.2) is 9.59 Å². The standard InChI is InChI=1S/C21H21N3O5/c1-11-6-21(11,18-22-19(27)29-23-18)24-15-3-2-12(4-13(15)5-16(24)17(25)26)14-7-20(8-14)9-28-10-20/h2-5,11,14H,6-10H2,1H3,(H,25,26)(H,22,23,27)/t11-,21-/m0/s1. The summed E-state index contributed by atoms with van der Waals surface area (Å²) in [4.78, 5) is 26.3. The van der Waals surface area contributed by atoms with E-state index in [4.69, 9.17) is 9.26 Å². The fourth-order valence-electron chi connectivity index (χ4n) is 5.49. The van der Waals surface area contributed by atoms with E-state index < -0.39 is 17.3 Å². The number of hydrogen-bond acceptors (Lipinski definition) is 5. The van der Waals surface area contributed by atoms with Gasteiger partial charge < -0.3 is 14.4 Å². The predicted octanol–water partition coefficient (Wildman–Crippen LogP) is 2.69. The Balaban J connectivity index is 1.47. The fraction of sp³-hybridized carbons (Fsp3) is 0.476. The lowest BCUT2D eigenvalue weighted by Gasteiger charge is -2.53. The summed E-state index contributed by atoms with van der Waals surface area (Å²) in [5, 5.41) is 14.7. The first-order valence-electron chi connectivity index (χ1n) is 9.95. The highest BCUT2D eigenvalue weighted by Gasteiger charge is 2.59. The van der Waals surface area contributed by atoms with Crippen molar-refractivity contribution >= 4 is 16.9 Å². The molecule has 1 aliphatic heterocycles. The number of ether oxygens (including phenoxy) is 1. The number of carboxylic acid groups (broad SMARTS) is 1. The Labute approximate surface area is 165 Å². The van der Waals surface area contributed by atoms with Crippen LogP contribution in [0.4, 0.5) is 0 Å². The molecule has 3 aliphatic rings. The largest absolute Gasteiger partial charge is 0.477 e. The van der Waals surface area contributed by atoms with Crippen molar-refractivity contribution in [3.05, 3.63) is 51.9 Å². The Hall–Kier alpha value is -2.87. The molecule has 1 spiro atoms. The molecular formula is C21H21N3O5. The van der Waals surface area contributed by atoms with E-state index >= 15 is 0 Å². The Bertz CT molecular complexity index is 1210. The second kappa shape index (κ2) is 5.38. The van der Waals surface area contributed by atoms with E-state index in [1.807, 2.05) is 17.6 Å².